The standard InChI is InChI=1S/C10H7F3O2/c11-10(12,13)7-3-1-2-6(4-7)9-8(5-14)15-9/h1-5,8-9H/t8-,9-/m0/s1. The van der Waals surface area contributed by atoms with E-state index in [0.717, 1.165) is 12.1 Å². The second-order valence-electron chi connectivity index (χ2n) is 3.28. The van der Waals surface area contributed by atoms with Gasteiger partial charge < -0.3 is 9.53 Å². The molecule has 0 radical (unpaired) electrons. The van der Waals surface area contributed by atoms with E-state index in [4.69, 9.17) is 4.74 Å². The van der Waals surface area contributed by atoms with Gasteiger partial charge in [-0.1, -0.05) is 12.1 Å². The summed E-state index contributed by atoms with van der Waals surface area (Å²) in [5, 5.41) is 0. The Balaban J connectivity index is 2.24. The van der Waals surface area contributed by atoms with Crippen molar-refractivity contribution >= 4 is 6.29 Å². The van der Waals surface area contributed by atoms with E-state index in [2.05, 4.69) is 0 Å². The zero-order chi connectivity index (χ0) is 11.1. The van der Waals surface area contributed by atoms with E-state index in [0.29, 0.717) is 11.8 Å². The molecule has 0 aromatic heterocycles. The number of halogens is 3. The minimum absolute atomic E-state index is 0.391. The zero-order valence-electron chi connectivity index (χ0n) is 7.49. The van der Waals surface area contributed by atoms with Gasteiger partial charge in [0.05, 0.1) is 5.56 Å². The molecule has 0 aliphatic carbocycles. The van der Waals surface area contributed by atoms with Crippen molar-refractivity contribution in [2.24, 2.45) is 0 Å². The number of aldehydes is 1. The fourth-order valence-corrected chi connectivity index (χ4v) is 1.39. The molecule has 2 nitrogen and oxygen atoms in total. The molecule has 0 N–H and O–H groups in total. The highest BCUT2D eigenvalue weighted by molar-refractivity contribution is 5.61. The third kappa shape index (κ3) is 2.02. The predicted molar refractivity (Wildman–Crippen MR) is 45.1 cm³/mol. The Hall–Kier alpha value is -1.36. The Bertz CT molecular complexity index is 386. The van der Waals surface area contributed by atoms with Crippen molar-refractivity contribution in [2.75, 3.05) is 0 Å². The molecule has 5 heteroatoms. The molecule has 80 valence electrons. The van der Waals surface area contributed by atoms with Gasteiger partial charge in [-0.3, -0.25) is 0 Å². The van der Waals surface area contributed by atoms with E-state index in [-0.39, 0.29) is 0 Å². The second-order valence-corrected chi connectivity index (χ2v) is 3.28. The number of alkyl halides is 3. The first kappa shape index (κ1) is 10.2. The molecule has 0 saturated carbocycles. The van der Waals surface area contributed by atoms with Crippen molar-refractivity contribution in [2.45, 2.75) is 18.4 Å². The topological polar surface area (TPSA) is 29.6 Å². The van der Waals surface area contributed by atoms with Crippen LogP contribution in [0.1, 0.15) is 17.2 Å². The van der Waals surface area contributed by atoms with Crippen LogP contribution in [0.3, 0.4) is 0 Å². The van der Waals surface area contributed by atoms with Crippen LogP contribution in [0.2, 0.25) is 0 Å². The summed E-state index contributed by atoms with van der Waals surface area (Å²) in [6, 6.07) is 4.82. The van der Waals surface area contributed by atoms with Crippen LogP contribution in [0.5, 0.6) is 0 Å². The molecule has 2 rings (SSSR count). The Kier molecular flexibility index (Phi) is 2.26. The number of carbonyl (C=O) groups excluding carboxylic acids is 1. The van der Waals surface area contributed by atoms with E-state index in [1.54, 1.807) is 0 Å². The molecule has 1 heterocycles. The lowest BCUT2D eigenvalue weighted by Crippen LogP contribution is -2.05. The Morgan fingerprint density at radius 2 is 2.07 bits per heavy atom. The second kappa shape index (κ2) is 3.34. The number of ether oxygens (including phenoxy) is 1. The molecular weight excluding hydrogens is 209 g/mol. The maximum Gasteiger partial charge on any atom is 0.416 e. The Labute approximate surface area is 83.7 Å². The van der Waals surface area contributed by atoms with Crippen molar-refractivity contribution in [1.82, 2.24) is 0 Å². The first-order valence-corrected chi connectivity index (χ1v) is 4.30. The smallest absolute Gasteiger partial charge is 0.357 e. The Morgan fingerprint density at radius 3 is 2.60 bits per heavy atom. The lowest BCUT2D eigenvalue weighted by molar-refractivity contribution is -0.137. The van der Waals surface area contributed by atoms with Gasteiger partial charge in [0, 0.05) is 0 Å². The molecule has 0 bridgehead atoms. The number of rotatable bonds is 2. The van der Waals surface area contributed by atoms with Gasteiger partial charge in [-0.05, 0) is 17.7 Å². The lowest BCUT2D eigenvalue weighted by atomic mass is 10.1. The van der Waals surface area contributed by atoms with Crippen molar-refractivity contribution in [3.05, 3.63) is 35.4 Å². The highest BCUT2D eigenvalue weighted by Crippen LogP contribution is 2.39. The maximum absolute atomic E-state index is 12.3. The van der Waals surface area contributed by atoms with Crippen LogP contribution in [0.4, 0.5) is 13.2 Å². The minimum atomic E-state index is -4.36. The van der Waals surface area contributed by atoms with Crippen LogP contribution in [-0.2, 0) is 15.7 Å². The summed E-state index contributed by atoms with van der Waals surface area (Å²) in [5.41, 5.74) is -0.331. The summed E-state index contributed by atoms with van der Waals surface area (Å²) in [4.78, 5) is 10.3. The molecule has 1 fully saturated rings. The SMILES string of the molecule is O=C[C@@H]1O[C@H]1c1cccc(C(F)(F)F)c1. The first-order valence-electron chi connectivity index (χ1n) is 4.30. The average Bonchev–Trinajstić information content (AvgIpc) is 2.95. The van der Waals surface area contributed by atoms with Gasteiger partial charge in [0.2, 0.25) is 0 Å². The largest absolute Gasteiger partial charge is 0.416 e. The van der Waals surface area contributed by atoms with Crippen LogP contribution < -0.4 is 0 Å². The summed E-state index contributed by atoms with van der Waals surface area (Å²) < 4.78 is 41.8. The maximum atomic E-state index is 12.3. The van der Waals surface area contributed by atoms with Crippen LogP contribution in [0, 0.1) is 0 Å². The summed E-state index contributed by atoms with van der Waals surface area (Å²) in [6.45, 7) is 0. The fourth-order valence-electron chi connectivity index (χ4n) is 1.39. The van der Waals surface area contributed by atoms with Gasteiger partial charge >= 0.3 is 6.18 Å². The minimum Gasteiger partial charge on any atom is -0.357 e. The van der Waals surface area contributed by atoms with E-state index < -0.39 is 23.9 Å². The van der Waals surface area contributed by atoms with Crippen LogP contribution in [0.25, 0.3) is 0 Å². The normalized spacial score (nSPS) is 25.0. The van der Waals surface area contributed by atoms with Crippen molar-refractivity contribution < 1.29 is 22.7 Å². The van der Waals surface area contributed by atoms with Crippen molar-refractivity contribution in [3.63, 3.8) is 0 Å². The molecule has 1 aliphatic rings. The fraction of sp³-hybridized carbons (Fsp3) is 0.300. The Morgan fingerprint density at radius 1 is 1.33 bits per heavy atom. The number of epoxide rings is 1. The van der Waals surface area contributed by atoms with Gasteiger partial charge in [0.15, 0.2) is 6.29 Å². The van der Waals surface area contributed by atoms with Crippen LogP contribution in [-0.4, -0.2) is 12.4 Å². The summed E-state index contributed by atoms with van der Waals surface area (Å²) in [6.07, 6.45) is -4.87. The third-order valence-electron chi connectivity index (χ3n) is 2.20. The summed E-state index contributed by atoms with van der Waals surface area (Å²) >= 11 is 0. The summed E-state index contributed by atoms with van der Waals surface area (Å²) in [7, 11) is 0. The van der Waals surface area contributed by atoms with Gasteiger partial charge in [-0.15, -0.1) is 0 Å². The number of benzene rings is 1. The van der Waals surface area contributed by atoms with Gasteiger partial charge in [0.1, 0.15) is 12.2 Å². The van der Waals surface area contributed by atoms with E-state index in [1.807, 2.05) is 0 Å². The molecule has 15 heavy (non-hydrogen) atoms. The lowest BCUT2D eigenvalue weighted by Gasteiger charge is -2.07. The number of hydrogen-bond acceptors (Lipinski definition) is 2. The number of carbonyl (C=O) groups is 1. The van der Waals surface area contributed by atoms with Gasteiger partial charge in [-0.25, -0.2) is 0 Å². The van der Waals surface area contributed by atoms with Crippen molar-refractivity contribution in [3.8, 4) is 0 Å². The van der Waals surface area contributed by atoms with Gasteiger partial charge in [-0.2, -0.15) is 13.2 Å². The zero-order valence-corrected chi connectivity index (χ0v) is 7.49. The molecule has 2 atom stereocenters. The third-order valence-corrected chi connectivity index (χ3v) is 2.20. The molecule has 0 unspecified atom stereocenters. The molecule has 1 aromatic rings. The van der Waals surface area contributed by atoms with Crippen molar-refractivity contribution in [1.29, 1.82) is 0 Å². The van der Waals surface area contributed by atoms with Crippen LogP contribution in [0.15, 0.2) is 24.3 Å². The quantitative estimate of drug-likeness (QED) is 0.561. The van der Waals surface area contributed by atoms with Crippen LogP contribution >= 0.6 is 0 Å². The first-order chi connectivity index (χ1) is 7.02. The monoisotopic (exact) mass is 216 g/mol. The van der Waals surface area contributed by atoms with E-state index in [1.165, 1.54) is 12.1 Å². The highest BCUT2D eigenvalue weighted by Gasteiger charge is 2.41. The number of hydrogen-bond donors (Lipinski definition) is 0. The van der Waals surface area contributed by atoms with E-state index in [9.17, 15) is 18.0 Å². The highest BCUT2D eigenvalue weighted by atomic mass is 19.4. The average molecular weight is 216 g/mol. The van der Waals surface area contributed by atoms with E-state index >= 15 is 0 Å². The molecule has 1 aliphatic heterocycles. The predicted octanol–water partition coefficient (Wildman–Crippen LogP) is 2.34. The molecule has 0 spiro atoms. The summed E-state index contributed by atoms with van der Waals surface area (Å²) in [5.74, 6) is 0. The molecular formula is C10H7F3O2. The molecule has 1 aromatic carbocycles. The molecule has 1 saturated heterocycles. The van der Waals surface area contributed by atoms with Gasteiger partial charge in [0.25, 0.3) is 0 Å². The molecule has 0 amide bonds.